The third-order valence-electron chi connectivity index (χ3n) is 2.91. The molecule has 0 saturated carbocycles. The van der Waals surface area contributed by atoms with Crippen LogP contribution in [0.1, 0.15) is 16.1 Å². The number of ketones is 1. The van der Waals surface area contributed by atoms with Crippen LogP contribution in [0.25, 0.3) is 10.8 Å². The van der Waals surface area contributed by atoms with Crippen molar-refractivity contribution in [3.63, 3.8) is 0 Å². The minimum atomic E-state index is -0.0404. The van der Waals surface area contributed by atoms with E-state index in [1.165, 1.54) is 0 Å². The van der Waals surface area contributed by atoms with Gasteiger partial charge in [0.15, 0.2) is 0 Å². The lowest BCUT2D eigenvalue weighted by Crippen LogP contribution is -2.03. The number of aromatic nitrogens is 1. The van der Waals surface area contributed by atoms with E-state index in [2.05, 4.69) is 4.98 Å². The first-order valence-electron chi connectivity index (χ1n) is 5.79. The average molecular weight is 233 g/mol. The van der Waals surface area contributed by atoms with Gasteiger partial charge in [-0.05, 0) is 29.0 Å². The van der Waals surface area contributed by atoms with Crippen LogP contribution in [0.15, 0.2) is 66.9 Å². The second-order valence-electron chi connectivity index (χ2n) is 4.11. The van der Waals surface area contributed by atoms with Crippen LogP contribution in [0.4, 0.5) is 0 Å². The quantitative estimate of drug-likeness (QED) is 0.634. The van der Waals surface area contributed by atoms with Crippen LogP contribution in [0, 0.1) is 0 Å². The molecule has 2 heteroatoms. The fraction of sp³-hybridized carbons (Fsp3) is 0. The molecule has 0 radical (unpaired) electrons. The number of hydrogen-bond donors (Lipinski definition) is 0. The highest BCUT2D eigenvalue weighted by Gasteiger charge is 2.09. The van der Waals surface area contributed by atoms with Gasteiger partial charge in [-0.3, -0.25) is 9.78 Å². The Morgan fingerprint density at radius 1 is 0.833 bits per heavy atom. The fourth-order valence-electron chi connectivity index (χ4n) is 1.98. The second-order valence-corrected chi connectivity index (χ2v) is 4.11. The molecule has 1 heterocycles. The Balaban J connectivity index is 2.07. The minimum absolute atomic E-state index is 0.0404. The number of nitrogens with zero attached hydrogens (tertiary/aromatic N) is 1. The molecule has 0 N–H and O–H groups in total. The second kappa shape index (κ2) is 4.41. The van der Waals surface area contributed by atoms with Gasteiger partial charge in [-0.25, -0.2) is 0 Å². The van der Waals surface area contributed by atoms with Crippen molar-refractivity contribution in [2.45, 2.75) is 0 Å². The van der Waals surface area contributed by atoms with E-state index in [0.717, 1.165) is 10.8 Å². The van der Waals surface area contributed by atoms with Crippen molar-refractivity contribution in [1.82, 2.24) is 4.98 Å². The molecular formula is C16H11NO. The lowest BCUT2D eigenvalue weighted by molar-refractivity contribution is 0.103. The van der Waals surface area contributed by atoms with Gasteiger partial charge in [-0.15, -0.1) is 0 Å². The van der Waals surface area contributed by atoms with Crippen LogP contribution < -0.4 is 0 Å². The van der Waals surface area contributed by atoms with Crippen molar-refractivity contribution < 1.29 is 4.79 Å². The van der Waals surface area contributed by atoms with E-state index in [1.54, 1.807) is 18.3 Å². The van der Waals surface area contributed by atoms with Gasteiger partial charge >= 0.3 is 0 Å². The first-order valence-corrected chi connectivity index (χ1v) is 5.79. The number of rotatable bonds is 2. The monoisotopic (exact) mass is 233 g/mol. The maximum Gasteiger partial charge on any atom is 0.211 e. The summed E-state index contributed by atoms with van der Waals surface area (Å²) in [4.78, 5) is 16.3. The smallest absolute Gasteiger partial charge is 0.211 e. The molecule has 0 amide bonds. The highest BCUT2D eigenvalue weighted by Crippen LogP contribution is 2.17. The Hall–Kier alpha value is -2.48. The summed E-state index contributed by atoms with van der Waals surface area (Å²) in [6, 6.07) is 19.1. The first kappa shape index (κ1) is 10.7. The van der Waals surface area contributed by atoms with Crippen LogP contribution in [-0.2, 0) is 0 Å². The zero-order valence-electron chi connectivity index (χ0n) is 9.71. The molecule has 0 atom stereocenters. The van der Waals surface area contributed by atoms with E-state index in [0.29, 0.717) is 11.3 Å². The third kappa shape index (κ3) is 1.89. The Morgan fingerprint density at radius 3 is 2.39 bits per heavy atom. The molecule has 0 saturated heterocycles. The van der Waals surface area contributed by atoms with Gasteiger partial charge < -0.3 is 0 Å². The van der Waals surface area contributed by atoms with Gasteiger partial charge in [0.2, 0.25) is 5.78 Å². The van der Waals surface area contributed by atoms with Crippen molar-refractivity contribution in [2.24, 2.45) is 0 Å². The van der Waals surface area contributed by atoms with Crippen molar-refractivity contribution in [2.75, 3.05) is 0 Å². The lowest BCUT2D eigenvalue weighted by Gasteiger charge is -2.02. The molecule has 0 fully saturated rings. The van der Waals surface area contributed by atoms with Crippen LogP contribution in [-0.4, -0.2) is 10.8 Å². The number of fused-ring (bicyclic) bond motifs is 1. The van der Waals surface area contributed by atoms with E-state index < -0.39 is 0 Å². The number of carbonyl (C=O) groups is 1. The topological polar surface area (TPSA) is 30.0 Å². The Bertz CT molecular complexity index is 704. The maximum atomic E-state index is 12.2. The minimum Gasteiger partial charge on any atom is -0.287 e. The summed E-state index contributed by atoms with van der Waals surface area (Å²) in [6.45, 7) is 0. The van der Waals surface area contributed by atoms with Crippen molar-refractivity contribution in [3.05, 3.63) is 78.1 Å². The van der Waals surface area contributed by atoms with E-state index in [-0.39, 0.29) is 5.78 Å². The molecule has 3 rings (SSSR count). The summed E-state index contributed by atoms with van der Waals surface area (Å²) >= 11 is 0. The highest BCUT2D eigenvalue weighted by molar-refractivity contribution is 6.09. The molecule has 0 unspecified atom stereocenters. The molecule has 0 bridgehead atoms. The predicted octanol–water partition coefficient (Wildman–Crippen LogP) is 3.47. The largest absolute Gasteiger partial charge is 0.287 e. The maximum absolute atomic E-state index is 12.2. The number of benzene rings is 2. The molecule has 0 aliphatic heterocycles. The summed E-state index contributed by atoms with van der Waals surface area (Å²) in [5, 5.41) is 2.20. The van der Waals surface area contributed by atoms with Crippen LogP contribution in [0.5, 0.6) is 0 Å². The van der Waals surface area contributed by atoms with Gasteiger partial charge in [0.05, 0.1) is 0 Å². The van der Waals surface area contributed by atoms with Crippen LogP contribution in [0.2, 0.25) is 0 Å². The summed E-state index contributed by atoms with van der Waals surface area (Å²) in [6.07, 6.45) is 1.63. The normalized spacial score (nSPS) is 10.4. The molecule has 2 aromatic carbocycles. The molecule has 18 heavy (non-hydrogen) atoms. The molecule has 0 aliphatic carbocycles. The predicted molar refractivity (Wildman–Crippen MR) is 71.6 cm³/mol. The Kier molecular flexibility index (Phi) is 2.61. The molecule has 0 spiro atoms. The summed E-state index contributed by atoms with van der Waals surface area (Å²) < 4.78 is 0. The molecule has 1 aromatic heterocycles. The van der Waals surface area contributed by atoms with Gasteiger partial charge in [0.1, 0.15) is 5.69 Å². The number of hydrogen-bond acceptors (Lipinski definition) is 2. The van der Waals surface area contributed by atoms with Crippen LogP contribution in [0.3, 0.4) is 0 Å². The Labute approximate surface area is 105 Å². The zero-order valence-corrected chi connectivity index (χ0v) is 9.71. The fourth-order valence-corrected chi connectivity index (χ4v) is 1.98. The molecule has 86 valence electrons. The van der Waals surface area contributed by atoms with Gasteiger partial charge in [0, 0.05) is 11.8 Å². The summed E-state index contributed by atoms with van der Waals surface area (Å²) in [5.74, 6) is -0.0404. The van der Waals surface area contributed by atoms with Crippen molar-refractivity contribution in [1.29, 1.82) is 0 Å². The molecular weight excluding hydrogens is 222 g/mol. The van der Waals surface area contributed by atoms with Gasteiger partial charge in [0.25, 0.3) is 0 Å². The van der Waals surface area contributed by atoms with Crippen molar-refractivity contribution in [3.8, 4) is 0 Å². The number of carbonyl (C=O) groups excluding carboxylic acids is 1. The summed E-state index contributed by atoms with van der Waals surface area (Å²) in [5.41, 5.74) is 1.15. The average Bonchev–Trinajstić information content (AvgIpc) is 2.47. The van der Waals surface area contributed by atoms with E-state index in [1.807, 2.05) is 48.5 Å². The van der Waals surface area contributed by atoms with E-state index in [4.69, 9.17) is 0 Å². The van der Waals surface area contributed by atoms with Gasteiger partial charge in [-0.2, -0.15) is 0 Å². The lowest BCUT2D eigenvalue weighted by atomic mass is 10.0. The SMILES string of the molecule is O=C(c1ccc2ccccc2c1)c1ccccn1. The third-order valence-corrected chi connectivity index (χ3v) is 2.91. The van der Waals surface area contributed by atoms with E-state index >= 15 is 0 Å². The molecule has 0 aliphatic rings. The van der Waals surface area contributed by atoms with Crippen LogP contribution >= 0.6 is 0 Å². The number of pyridine rings is 1. The Morgan fingerprint density at radius 2 is 1.61 bits per heavy atom. The van der Waals surface area contributed by atoms with Gasteiger partial charge in [-0.1, -0.05) is 42.5 Å². The molecule has 3 aromatic rings. The zero-order chi connectivity index (χ0) is 12.4. The standard InChI is InChI=1S/C16H11NO/c18-16(15-7-3-4-10-17-15)14-9-8-12-5-1-2-6-13(12)11-14/h1-11H. The van der Waals surface area contributed by atoms with E-state index in [9.17, 15) is 4.79 Å². The van der Waals surface area contributed by atoms with Crippen molar-refractivity contribution >= 4 is 16.6 Å². The highest BCUT2D eigenvalue weighted by atomic mass is 16.1. The summed E-state index contributed by atoms with van der Waals surface area (Å²) in [7, 11) is 0. The molecule has 2 nitrogen and oxygen atoms in total. The first-order chi connectivity index (χ1) is 8.84.